The minimum atomic E-state index is -0.214. The summed E-state index contributed by atoms with van der Waals surface area (Å²) in [5, 5.41) is 0. The average Bonchev–Trinajstić information content (AvgIpc) is 3.07. The Morgan fingerprint density at radius 1 is 1.50 bits per heavy atom. The normalized spacial score (nSPS) is 20.5. The van der Waals surface area contributed by atoms with Crippen LogP contribution in [-0.2, 0) is 11.8 Å². The lowest BCUT2D eigenvalue weighted by molar-refractivity contribution is 0.0745. The molecular formula is C14H20IN5O2. The van der Waals surface area contributed by atoms with Crippen LogP contribution in [0.25, 0.3) is 11.2 Å². The lowest BCUT2D eigenvalue weighted by atomic mass is 10.1. The maximum absolute atomic E-state index is 12.2. The van der Waals surface area contributed by atoms with Gasteiger partial charge in [0.15, 0.2) is 17.4 Å². The van der Waals surface area contributed by atoms with E-state index in [1.54, 1.807) is 17.9 Å². The van der Waals surface area contributed by atoms with E-state index >= 15 is 0 Å². The Bertz CT molecular complexity index is 752. The van der Waals surface area contributed by atoms with Crippen molar-refractivity contribution in [1.29, 1.82) is 0 Å². The molecule has 2 unspecified atom stereocenters. The molecule has 1 saturated heterocycles. The van der Waals surface area contributed by atoms with Crippen LogP contribution in [0.1, 0.15) is 33.4 Å². The summed E-state index contributed by atoms with van der Waals surface area (Å²) in [6, 6.07) is 0. The molecule has 0 aliphatic carbocycles. The van der Waals surface area contributed by atoms with Crippen molar-refractivity contribution in [3.63, 3.8) is 0 Å². The number of rotatable bonds is 2. The first-order valence-electron chi connectivity index (χ1n) is 7.17. The van der Waals surface area contributed by atoms with Crippen molar-refractivity contribution in [2.75, 3.05) is 3.53 Å². The second-order valence-electron chi connectivity index (χ2n) is 4.95. The quantitative estimate of drug-likeness (QED) is 0.601. The molecule has 0 saturated carbocycles. The van der Waals surface area contributed by atoms with E-state index in [0.29, 0.717) is 17.1 Å². The SMILES string of the molecule is C=C1CC(C)C(n2cnc3c(=O)n(C)c(NI)nc32)O1.CC. The number of anilines is 1. The number of hydrogen-bond acceptors (Lipinski definition) is 5. The topological polar surface area (TPSA) is 74.0 Å². The molecule has 0 aromatic carbocycles. The number of ether oxygens (including phenoxy) is 1. The Balaban J connectivity index is 0.000000847. The lowest BCUT2D eigenvalue weighted by Gasteiger charge is -2.17. The van der Waals surface area contributed by atoms with E-state index in [4.69, 9.17) is 4.74 Å². The molecule has 1 fully saturated rings. The van der Waals surface area contributed by atoms with E-state index in [9.17, 15) is 4.79 Å². The van der Waals surface area contributed by atoms with Crippen LogP contribution in [0.15, 0.2) is 23.5 Å². The van der Waals surface area contributed by atoms with Crippen LogP contribution < -0.4 is 9.09 Å². The lowest BCUT2D eigenvalue weighted by Crippen LogP contribution is -2.21. The van der Waals surface area contributed by atoms with Crippen molar-refractivity contribution in [2.45, 2.75) is 33.4 Å². The van der Waals surface area contributed by atoms with Crippen LogP contribution in [0.4, 0.5) is 5.95 Å². The summed E-state index contributed by atoms with van der Waals surface area (Å²) in [6.45, 7) is 9.93. The van der Waals surface area contributed by atoms with Gasteiger partial charge in [-0.15, -0.1) is 0 Å². The second-order valence-corrected chi connectivity index (χ2v) is 5.49. The summed E-state index contributed by atoms with van der Waals surface area (Å²) in [4.78, 5) is 20.9. The van der Waals surface area contributed by atoms with Gasteiger partial charge in [0.05, 0.1) is 28.6 Å². The third-order valence-corrected chi connectivity index (χ3v) is 3.97. The van der Waals surface area contributed by atoms with Crippen molar-refractivity contribution in [2.24, 2.45) is 13.0 Å². The van der Waals surface area contributed by atoms with Crippen molar-refractivity contribution in [3.05, 3.63) is 29.0 Å². The average molecular weight is 417 g/mol. The van der Waals surface area contributed by atoms with Gasteiger partial charge in [-0.05, 0) is 0 Å². The molecule has 2 aromatic rings. The Morgan fingerprint density at radius 3 is 2.73 bits per heavy atom. The molecule has 120 valence electrons. The highest BCUT2D eigenvalue weighted by atomic mass is 127. The fourth-order valence-electron chi connectivity index (χ4n) is 2.44. The van der Waals surface area contributed by atoms with E-state index in [1.165, 1.54) is 4.57 Å². The van der Waals surface area contributed by atoms with E-state index in [2.05, 4.69) is 27.0 Å². The number of nitrogens with zero attached hydrogens (tertiary/aromatic N) is 4. The molecule has 2 atom stereocenters. The van der Waals surface area contributed by atoms with Gasteiger partial charge in [-0.3, -0.25) is 17.5 Å². The van der Waals surface area contributed by atoms with Crippen LogP contribution in [0.2, 0.25) is 0 Å². The molecule has 0 spiro atoms. The zero-order chi connectivity index (χ0) is 16.4. The molecule has 0 amide bonds. The molecule has 0 radical (unpaired) electrons. The van der Waals surface area contributed by atoms with Gasteiger partial charge < -0.3 is 4.74 Å². The van der Waals surface area contributed by atoms with Crippen molar-refractivity contribution in [3.8, 4) is 0 Å². The third kappa shape index (κ3) is 2.71. The summed E-state index contributed by atoms with van der Waals surface area (Å²) in [5.74, 6) is 1.50. The number of hydrogen-bond donors (Lipinski definition) is 1. The summed E-state index contributed by atoms with van der Waals surface area (Å²) >= 11 is 1.95. The molecule has 22 heavy (non-hydrogen) atoms. The van der Waals surface area contributed by atoms with E-state index in [1.807, 2.05) is 36.7 Å². The Kier molecular flexibility index (Phi) is 5.09. The number of halogens is 1. The van der Waals surface area contributed by atoms with Gasteiger partial charge >= 0.3 is 0 Å². The molecule has 2 aromatic heterocycles. The van der Waals surface area contributed by atoms with Crippen LogP contribution in [0.3, 0.4) is 0 Å². The van der Waals surface area contributed by atoms with E-state index in [-0.39, 0.29) is 17.7 Å². The first kappa shape index (κ1) is 16.8. The summed E-state index contributed by atoms with van der Waals surface area (Å²) in [7, 11) is 1.66. The first-order valence-corrected chi connectivity index (χ1v) is 8.25. The molecule has 3 rings (SSSR count). The Hall–Kier alpha value is -1.58. The van der Waals surface area contributed by atoms with Crippen LogP contribution in [-0.4, -0.2) is 19.1 Å². The monoisotopic (exact) mass is 417 g/mol. The zero-order valence-corrected chi connectivity index (χ0v) is 15.3. The predicted molar refractivity (Wildman–Crippen MR) is 94.8 cm³/mol. The molecule has 1 aliphatic heterocycles. The van der Waals surface area contributed by atoms with Gasteiger partial charge in [-0.25, -0.2) is 4.98 Å². The number of imidazole rings is 1. The minimum Gasteiger partial charge on any atom is -0.475 e. The predicted octanol–water partition coefficient (Wildman–Crippen LogP) is 2.99. The maximum atomic E-state index is 12.2. The van der Waals surface area contributed by atoms with E-state index in [0.717, 1.165) is 12.2 Å². The maximum Gasteiger partial charge on any atom is 0.282 e. The summed E-state index contributed by atoms with van der Waals surface area (Å²) in [5.41, 5.74) is 0.687. The second kappa shape index (κ2) is 6.67. The number of aromatic nitrogens is 4. The smallest absolute Gasteiger partial charge is 0.282 e. The highest BCUT2D eigenvalue weighted by Gasteiger charge is 2.31. The number of nitrogens with one attached hydrogen (secondary N) is 1. The number of fused-ring (bicyclic) bond motifs is 1. The minimum absolute atomic E-state index is 0.183. The summed E-state index contributed by atoms with van der Waals surface area (Å²) in [6.07, 6.45) is 2.19. The highest BCUT2D eigenvalue weighted by molar-refractivity contribution is 14.1. The highest BCUT2D eigenvalue weighted by Crippen LogP contribution is 2.36. The molecule has 1 aliphatic rings. The van der Waals surface area contributed by atoms with Gasteiger partial charge in [-0.1, -0.05) is 27.4 Å². The number of allylic oxidation sites excluding steroid dienone is 1. The van der Waals surface area contributed by atoms with Crippen molar-refractivity contribution >= 4 is 40.0 Å². The molecular weight excluding hydrogens is 397 g/mol. The first-order chi connectivity index (χ1) is 10.5. The molecule has 1 N–H and O–H groups in total. The molecule has 7 nitrogen and oxygen atoms in total. The fraction of sp³-hybridized carbons (Fsp3) is 0.500. The third-order valence-electron chi connectivity index (χ3n) is 3.49. The molecule has 0 bridgehead atoms. The van der Waals surface area contributed by atoms with Gasteiger partial charge in [0.1, 0.15) is 6.33 Å². The van der Waals surface area contributed by atoms with Gasteiger partial charge in [-0.2, -0.15) is 4.98 Å². The molecule has 8 heteroatoms. The largest absolute Gasteiger partial charge is 0.475 e. The molecule has 3 heterocycles. The van der Waals surface area contributed by atoms with Gasteiger partial charge in [0.2, 0.25) is 5.95 Å². The Morgan fingerprint density at radius 2 is 2.18 bits per heavy atom. The fourth-order valence-corrected chi connectivity index (χ4v) is 2.93. The van der Waals surface area contributed by atoms with Crippen LogP contribution >= 0.6 is 22.9 Å². The van der Waals surface area contributed by atoms with Crippen molar-refractivity contribution < 1.29 is 4.74 Å². The Labute approximate surface area is 142 Å². The summed E-state index contributed by atoms with van der Waals surface area (Å²) < 4.78 is 11.8. The van der Waals surface area contributed by atoms with Gasteiger partial charge in [0.25, 0.3) is 5.56 Å². The van der Waals surface area contributed by atoms with Crippen molar-refractivity contribution in [1.82, 2.24) is 19.1 Å². The van der Waals surface area contributed by atoms with Crippen LogP contribution in [0.5, 0.6) is 0 Å². The van der Waals surface area contributed by atoms with Gasteiger partial charge in [0, 0.05) is 19.4 Å². The van der Waals surface area contributed by atoms with Crippen LogP contribution in [0, 0.1) is 5.92 Å². The standard InChI is InChI=1S/C12H14IN5O2.C2H6/c1-6-4-7(2)20-11(6)18-5-14-8-9(18)15-12(16-13)17(3)10(8)19;1-2/h5-6,11H,2,4H2,1,3H3,(H,15,16);1-2H3. The van der Waals surface area contributed by atoms with E-state index < -0.39 is 0 Å². The zero-order valence-electron chi connectivity index (χ0n) is 13.1.